The van der Waals surface area contributed by atoms with Crippen LogP contribution in [-0.4, -0.2) is 84.7 Å². The van der Waals surface area contributed by atoms with Crippen LogP contribution in [0.25, 0.3) is 0 Å². The smallest absolute Gasteiger partial charge is 0.304 e. The fourth-order valence-corrected chi connectivity index (χ4v) is 2.65. The van der Waals surface area contributed by atoms with Crippen LogP contribution in [0.2, 0.25) is 0 Å². The van der Waals surface area contributed by atoms with E-state index >= 15 is 0 Å². The molecule has 0 aromatic heterocycles. The average molecular weight is 290 g/mol. The van der Waals surface area contributed by atoms with Gasteiger partial charge in [0.05, 0.1) is 18.8 Å². The zero-order valence-corrected chi connectivity index (χ0v) is 12.2. The molecule has 7 heteroatoms. The third kappa shape index (κ3) is 6.79. The van der Waals surface area contributed by atoms with Crippen molar-refractivity contribution >= 4 is 23.6 Å². The highest BCUT2D eigenvalue weighted by atomic mass is 32.2. The van der Waals surface area contributed by atoms with Gasteiger partial charge < -0.3 is 14.7 Å². The Balaban J connectivity index is 2.14. The molecule has 0 bridgehead atoms. The van der Waals surface area contributed by atoms with Crippen LogP contribution in [0.1, 0.15) is 6.42 Å². The Kier molecular flexibility index (Phi) is 7.85. The second kappa shape index (κ2) is 9.17. The van der Waals surface area contributed by atoms with E-state index < -0.39 is 5.97 Å². The number of methoxy groups -OCH3 is 1. The zero-order valence-electron chi connectivity index (χ0n) is 11.3. The SMILES string of the molecule is COCCSCC(=O)N1CCN(CCC(=O)O)CC1. The molecule has 0 spiro atoms. The summed E-state index contributed by atoms with van der Waals surface area (Å²) in [5.74, 6) is 0.728. The minimum atomic E-state index is -0.770. The number of rotatable bonds is 8. The predicted molar refractivity (Wildman–Crippen MR) is 74.5 cm³/mol. The van der Waals surface area contributed by atoms with Crippen LogP contribution < -0.4 is 0 Å². The second-order valence-electron chi connectivity index (χ2n) is 4.41. The Labute approximate surface area is 118 Å². The van der Waals surface area contributed by atoms with Gasteiger partial charge in [-0.3, -0.25) is 14.5 Å². The van der Waals surface area contributed by atoms with Gasteiger partial charge in [-0.15, -0.1) is 11.8 Å². The molecule has 1 amide bonds. The maximum atomic E-state index is 11.9. The molecule has 1 aliphatic rings. The van der Waals surface area contributed by atoms with Gasteiger partial charge in [0.25, 0.3) is 0 Å². The van der Waals surface area contributed by atoms with Gasteiger partial charge in [0.1, 0.15) is 0 Å². The molecule has 0 aromatic carbocycles. The fraction of sp³-hybridized carbons (Fsp3) is 0.833. The van der Waals surface area contributed by atoms with Gasteiger partial charge in [-0.05, 0) is 0 Å². The van der Waals surface area contributed by atoms with E-state index in [0.29, 0.717) is 32.0 Å². The van der Waals surface area contributed by atoms with Crippen LogP contribution in [0.15, 0.2) is 0 Å². The van der Waals surface area contributed by atoms with Gasteiger partial charge in [0.15, 0.2) is 0 Å². The van der Waals surface area contributed by atoms with E-state index in [9.17, 15) is 9.59 Å². The predicted octanol–water partition coefficient (Wildman–Crippen LogP) is -0.0151. The van der Waals surface area contributed by atoms with E-state index in [1.165, 1.54) is 0 Å². The Hall–Kier alpha value is -0.790. The third-order valence-electron chi connectivity index (χ3n) is 3.02. The number of piperazine rings is 1. The molecule has 110 valence electrons. The van der Waals surface area contributed by atoms with Gasteiger partial charge in [-0.2, -0.15) is 0 Å². The monoisotopic (exact) mass is 290 g/mol. The number of ether oxygens (including phenoxy) is 1. The first kappa shape index (κ1) is 16.3. The number of carboxylic acid groups (broad SMARTS) is 1. The van der Waals surface area contributed by atoms with Gasteiger partial charge >= 0.3 is 5.97 Å². The highest BCUT2D eigenvalue weighted by Gasteiger charge is 2.20. The Bertz CT molecular complexity index is 293. The first-order valence-corrected chi connectivity index (χ1v) is 7.57. The van der Waals surface area contributed by atoms with E-state index in [2.05, 4.69) is 4.90 Å². The Morgan fingerprint density at radius 1 is 1.26 bits per heavy atom. The van der Waals surface area contributed by atoms with Crippen LogP contribution >= 0.6 is 11.8 Å². The maximum absolute atomic E-state index is 11.9. The number of aliphatic carboxylic acids is 1. The summed E-state index contributed by atoms with van der Waals surface area (Å²) in [5.41, 5.74) is 0. The van der Waals surface area contributed by atoms with Crippen molar-refractivity contribution in [2.75, 3.05) is 57.9 Å². The van der Waals surface area contributed by atoms with Crippen molar-refractivity contribution in [3.63, 3.8) is 0 Å². The van der Waals surface area contributed by atoms with Crippen LogP contribution in [0.4, 0.5) is 0 Å². The van der Waals surface area contributed by atoms with Crippen molar-refractivity contribution in [1.82, 2.24) is 9.80 Å². The molecule has 6 nitrogen and oxygen atoms in total. The van der Waals surface area contributed by atoms with Gasteiger partial charge in [-0.25, -0.2) is 0 Å². The lowest BCUT2D eigenvalue weighted by molar-refractivity contribution is -0.138. The molecule has 19 heavy (non-hydrogen) atoms. The minimum Gasteiger partial charge on any atom is -0.481 e. The first-order valence-electron chi connectivity index (χ1n) is 6.42. The van der Waals surface area contributed by atoms with Crippen LogP contribution in [-0.2, 0) is 14.3 Å². The Morgan fingerprint density at radius 3 is 2.53 bits per heavy atom. The number of hydrogen-bond acceptors (Lipinski definition) is 5. The van der Waals surface area contributed by atoms with Crippen molar-refractivity contribution in [2.45, 2.75) is 6.42 Å². The first-order chi connectivity index (χ1) is 9.13. The molecule has 1 aliphatic heterocycles. The van der Waals surface area contributed by atoms with Crippen molar-refractivity contribution < 1.29 is 19.4 Å². The number of carboxylic acids is 1. The van der Waals surface area contributed by atoms with Crippen LogP contribution in [0.5, 0.6) is 0 Å². The summed E-state index contributed by atoms with van der Waals surface area (Å²) in [6, 6.07) is 0. The Morgan fingerprint density at radius 2 is 1.95 bits per heavy atom. The maximum Gasteiger partial charge on any atom is 0.304 e. The average Bonchev–Trinajstić information content (AvgIpc) is 2.41. The van der Waals surface area contributed by atoms with Crippen molar-refractivity contribution in [3.05, 3.63) is 0 Å². The molecule has 1 saturated heterocycles. The fourth-order valence-electron chi connectivity index (χ4n) is 1.87. The lowest BCUT2D eigenvalue weighted by Gasteiger charge is -2.34. The van der Waals surface area contributed by atoms with Crippen molar-refractivity contribution in [2.24, 2.45) is 0 Å². The molecule has 0 saturated carbocycles. The topological polar surface area (TPSA) is 70.1 Å². The molecule has 0 radical (unpaired) electrons. The standard InChI is InChI=1S/C12H22N2O4S/c1-18-8-9-19-10-11(15)14-6-4-13(5-7-14)3-2-12(16)17/h2-10H2,1H3,(H,16,17). The molecule has 0 unspecified atom stereocenters. The normalized spacial score (nSPS) is 16.6. The summed E-state index contributed by atoms with van der Waals surface area (Å²) < 4.78 is 4.93. The van der Waals surface area contributed by atoms with Gasteiger partial charge in [-0.1, -0.05) is 0 Å². The molecule has 0 aromatic rings. The number of amides is 1. The number of hydrogen-bond donors (Lipinski definition) is 1. The third-order valence-corrected chi connectivity index (χ3v) is 3.93. The number of nitrogens with zero attached hydrogens (tertiary/aromatic N) is 2. The zero-order chi connectivity index (χ0) is 14.1. The van der Waals surface area contributed by atoms with E-state index in [1.54, 1.807) is 18.9 Å². The minimum absolute atomic E-state index is 0.166. The van der Waals surface area contributed by atoms with Crippen LogP contribution in [0, 0.1) is 0 Å². The molecule has 0 atom stereocenters. The summed E-state index contributed by atoms with van der Waals surface area (Å²) in [7, 11) is 1.65. The molecule has 0 aliphatic carbocycles. The van der Waals surface area contributed by atoms with Crippen LogP contribution in [0.3, 0.4) is 0 Å². The van der Waals surface area contributed by atoms with Gasteiger partial charge in [0.2, 0.25) is 5.91 Å². The summed E-state index contributed by atoms with van der Waals surface area (Å²) >= 11 is 1.59. The lowest BCUT2D eigenvalue weighted by Crippen LogP contribution is -2.49. The highest BCUT2D eigenvalue weighted by Crippen LogP contribution is 2.07. The number of thioether (sulfide) groups is 1. The largest absolute Gasteiger partial charge is 0.481 e. The highest BCUT2D eigenvalue weighted by molar-refractivity contribution is 7.99. The lowest BCUT2D eigenvalue weighted by atomic mass is 10.3. The van der Waals surface area contributed by atoms with Crippen molar-refractivity contribution in [3.8, 4) is 0 Å². The van der Waals surface area contributed by atoms with E-state index in [4.69, 9.17) is 9.84 Å². The van der Waals surface area contributed by atoms with E-state index in [1.807, 2.05) is 4.90 Å². The summed E-state index contributed by atoms with van der Waals surface area (Å²) in [6.45, 7) is 4.16. The molecular formula is C12H22N2O4S. The number of carbonyl (C=O) groups is 2. The van der Waals surface area contributed by atoms with Gasteiger partial charge in [0, 0.05) is 45.6 Å². The molecule has 1 fully saturated rings. The summed E-state index contributed by atoms with van der Waals surface area (Å²) in [4.78, 5) is 26.3. The molecule has 1 N–H and O–H groups in total. The van der Waals surface area contributed by atoms with E-state index in [0.717, 1.165) is 18.8 Å². The van der Waals surface area contributed by atoms with Crippen molar-refractivity contribution in [1.29, 1.82) is 0 Å². The number of carbonyl (C=O) groups excluding carboxylic acids is 1. The summed E-state index contributed by atoms with van der Waals surface area (Å²) in [6.07, 6.45) is 0.167. The summed E-state index contributed by atoms with van der Waals surface area (Å²) in [5, 5.41) is 8.62. The second-order valence-corrected chi connectivity index (χ2v) is 5.52. The quantitative estimate of drug-likeness (QED) is 0.634. The van der Waals surface area contributed by atoms with E-state index in [-0.39, 0.29) is 12.3 Å². The molecule has 1 rings (SSSR count). The molecular weight excluding hydrogens is 268 g/mol. The molecule has 1 heterocycles.